The van der Waals surface area contributed by atoms with Crippen molar-refractivity contribution in [3.05, 3.63) is 0 Å². The molecule has 0 bridgehead atoms. The topological polar surface area (TPSA) is 32.6 Å². The van der Waals surface area contributed by atoms with Crippen LogP contribution in [0.2, 0.25) is 0 Å². The van der Waals surface area contributed by atoms with E-state index >= 15 is 0 Å². The maximum atomic E-state index is 9.96. The van der Waals surface area contributed by atoms with Gasteiger partial charge < -0.3 is 5.11 Å². The third-order valence-corrected chi connectivity index (χ3v) is 2.26. The molecule has 69 valence electrons. The Kier molecular flexibility index (Phi) is 9.09. The van der Waals surface area contributed by atoms with Crippen LogP contribution in [0.5, 0.6) is 0 Å². The summed E-state index contributed by atoms with van der Waals surface area (Å²) in [7, 11) is 1.73. The number of aliphatic hydroxyl groups is 1. The van der Waals surface area contributed by atoms with Crippen LogP contribution < -0.4 is 0 Å². The van der Waals surface area contributed by atoms with Crippen LogP contribution in [0.15, 0.2) is 4.99 Å². The van der Waals surface area contributed by atoms with Gasteiger partial charge in [0.25, 0.3) is 0 Å². The van der Waals surface area contributed by atoms with Crippen LogP contribution in [-0.2, 0) is 32.7 Å². The summed E-state index contributed by atoms with van der Waals surface area (Å²) in [5.74, 6) is 0. The van der Waals surface area contributed by atoms with Crippen molar-refractivity contribution < 1.29 is 37.8 Å². The van der Waals surface area contributed by atoms with Gasteiger partial charge in [0.05, 0.1) is 0 Å². The van der Waals surface area contributed by atoms with E-state index in [1.165, 1.54) is 0 Å². The maximum absolute atomic E-state index is 9.96. The molecule has 0 aromatic rings. The van der Waals surface area contributed by atoms with Crippen LogP contribution >= 0.6 is 0 Å². The molecule has 0 saturated heterocycles. The van der Waals surface area contributed by atoms with E-state index in [-0.39, 0.29) is 32.7 Å². The largest absolute Gasteiger partial charge is 0.384 e. The molecule has 3 heteroatoms. The van der Waals surface area contributed by atoms with Crippen molar-refractivity contribution in [1.82, 2.24) is 0 Å². The third kappa shape index (κ3) is 4.11. The molecule has 0 aliphatic rings. The number of hydrogen-bond acceptors (Lipinski definition) is 2. The molecule has 0 aromatic heterocycles. The molecule has 0 rings (SSSR count). The van der Waals surface area contributed by atoms with Crippen LogP contribution in [0.4, 0.5) is 0 Å². The van der Waals surface area contributed by atoms with Crippen LogP contribution in [0.3, 0.4) is 0 Å². The molecule has 0 fully saturated rings. The molecule has 1 N–H and O–H groups in total. The second-order valence-electron chi connectivity index (χ2n) is 2.94. The van der Waals surface area contributed by atoms with E-state index < -0.39 is 5.60 Å². The van der Waals surface area contributed by atoms with Crippen LogP contribution in [0.25, 0.3) is 0 Å². The van der Waals surface area contributed by atoms with Gasteiger partial charge in [0, 0.05) is 45.5 Å². The average Bonchev–Trinajstić information content (AvgIpc) is 2.03. The SMILES string of the molecule is CCCC(O)(CC)C(C)=NC.[Y]. The van der Waals surface area contributed by atoms with E-state index in [2.05, 4.69) is 11.9 Å². The number of aliphatic imine (C=N–C) groups is 1. The molecule has 1 radical (unpaired) electrons. The predicted molar refractivity (Wildman–Crippen MR) is 49.2 cm³/mol. The van der Waals surface area contributed by atoms with Crippen LogP contribution in [0, 0.1) is 0 Å². The standard InChI is InChI=1S/C9H19NO.Y/c1-5-7-9(11,6-2)8(3)10-4;/h11H,5-7H2,1-4H3;. The normalized spacial score (nSPS) is 16.6. The van der Waals surface area contributed by atoms with Gasteiger partial charge in [0.1, 0.15) is 5.60 Å². The molecule has 0 aliphatic carbocycles. The average molecular weight is 246 g/mol. The van der Waals surface area contributed by atoms with E-state index in [4.69, 9.17) is 0 Å². The second kappa shape index (κ2) is 7.17. The van der Waals surface area contributed by atoms with Crippen molar-refractivity contribution in [2.24, 2.45) is 4.99 Å². The van der Waals surface area contributed by atoms with Gasteiger partial charge in [-0.25, -0.2) is 0 Å². The summed E-state index contributed by atoms with van der Waals surface area (Å²) >= 11 is 0. The Hall–Kier alpha value is 0.734. The van der Waals surface area contributed by atoms with E-state index in [0.717, 1.165) is 25.0 Å². The van der Waals surface area contributed by atoms with Gasteiger partial charge in [-0.15, -0.1) is 0 Å². The van der Waals surface area contributed by atoms with Crippen molar-refractivity contribution in [3.8, 4) is 0 Å². The van der Waals surface area contributed by atoms with E-state index in [0.29, 0.717) is 0 Å². The monoisotopic (exact) mass is 246 g/mol. The summed E-state index contributed by atoms with van der Waals surface area (Å²) in [6.07, 6.45) is 2.56. The second-order valence-corrected chi connectivity index (χ2v) is 2.94. The number of nitrogens with zero attached hydrogens (tertiary/aromatic N) is 1. The molecule has 0 heterocycles. The van der Waals surface area contributed by atoms with Gasteiger partial charge in [0.15, 0.2) is 0 Å². The predicted octanol–water partition coefficient (Wildman–Crippen LogP) is 2.02. The first-order valence-corrected chi connectivity index (χ1v) is 4.27. The van der Waals surface area contributed by atoms with Crippen LogP contribution in [-0.4, -0.2) is 23.5 Å². The Labute approximate surface area is 101 Å². The van der Waals surface area contributed by atoms with Gasteiger partial charge in [-0.05, 0) is 19.8 Å². The molecule has 1 unspecified atom stereocenters. The molecule has 12 heavy (non-hydrogen) atoms. The summed E-state index contributed by atoms with van der Waals surface area (Å²) in [6, 6.07) is 0. The Balaban J connectivity index is 0. The summed E-state index contributed by atoms with van der Waals surface area (Å²) in [4.78, 5) is 4.02. The van der Waals surface area contributed by atoms with Crippen molar-refractivity contribution in [2.75, 3.05) is 7.05 Å². The fourth-order valence-electron chi connectivity index (χ4n) is 1.24. The summed E-state index contributed by atoms with van der Waals surface area (Å²) in [5, 5.41) is 9.96. The zero-order valence-corrected chi connectivity index (χ0v) is 11.4. The minimum absolute atomic E-state index is 0. The number of rotatable bonds is 4. The molecule has 2 nitrogen and oxygen atoms in total. The molecular formula is C9H19NOY. The van der Waals surface area contributed by atoms with E-state index in [1.807, 2.05) is 13.8 Å². The summed E-state index contributed by atoms with van der Waals surface area (Å²) in [5.41, 5.74) is 0.200. The third-order valence-electron chi connectivity index (χ3n) is 2.26. The fourth-order valence-corrected chi connectivity index (χ4v) is 1.24. The molecule has 0 aliphatic heterocycles. The van der Waals surface area contributed by atoms with Gasteiger partial charge in [0.2, 0.25) is 0 Å². The number of hydrogen-bond donors (Lipinski definition) is 1. The Bertz CT molecular complexity index is 147. The molecule has 0 aromatic carbocycles. The first kappa shape index (κ1) is 15.2. The van der Waals surface area contributed by atoms with Gasteiger partial charge in [-0.1, -0.05) is 20.3 Å². The zero-order valence-electron chi connectivity index (χ0n) is 8.59. The summed E-state index contributed by atoms with van der Waals surface area (Å²) in [6.45, 7) is 5.95. The van der Waals surface area contributed by atoms with Gasteiger partial charge in [-0.2, -0.15) is 0 Å². The van der Waals surface area contributed by atoms with E-state index in [1.54, 1.807) is 7.05 Å². The Morgan fingerprint density at radius 2 is 1.92 bits per heavy atom. The smallest absolute Gasteiger partial charge is 0.102 e. The fraction of sp³-hybridized carbons (Fsp3) is 0.889. The Morgan fingerprint density at radius 1 is 1.42 bits per heavy atom. The zero-order chi connectivity index (χ0) is 8.91. The molecular weight excluding hydrogens is 227 g/mol. The first-order valence-electron chi connectivity index (χ1n) is 4.27. The Morgan fingerprint density at radius 3 is 2.17 bits per heavy atom. The summed E-state index contributed by atoms with van der Waals surface area (Å²) < 4.78 is 0. The molecule has 0 amide bonds. The quantitative estimate of drug-likeness (QED) is 0.756. The first-order chi connectivity index (χ1) is 5.10. The van der Waals surface area contributed by atoms with Crippen molar-refractivity contribution in [2.45, 2.75) is 45.6 Å². The molecule has 0 spiro atoms. The van der Waals surface area contributed by atoms with Gasteiger partial charge in [-0.3, -0.25) is 4.99 Å². The minimum atomic E-state index is -0.649. The van der Waals surface area contributed by atoms with Crippen LogP contribution in [0.1, 0.15) is 40.0 Å². The van der Waals surface area contributed by atoms with E-state index in [9.17, 15) is 5.11 Å². The van der Waals surface area contributed by atoms with Crippen molar-refractivity contribution >= 4 is 5.71 Å². The molecule has 0 saturated carbocycles. The minimum Gasteiger partial charge on any atom is -0.384 e. The van der Waals surface area contributed by atoms with Crippen molar-refractivity contribution in [3.63, 3.8) is 0 Å². The van der Waals surface area contributed by atoms with Gasteiger partial charge >= 0.3 is 0 Å². The maximum Gasteiger partial charge on any atom is 0.102 e. The molecule has 1 atom stereocenters. The van der Waals surface area contributed by atoms with Crippen molar-refractivity contribution in [1.29, 1.82) is 0 Å².